The van der Waals surface area contributed by atoms with Crippen LogP contribution >= 0.6 is 0 Å². The molecule has 0 N–H and O–H groups in total. The molecule has 6 nitrogen and oxygen atoms in total. The number of carbonyl (C=O) groups is 1. The fraction of sp³-hybridized carbons (Fsp3) is 0.150. The molecule has 0 aliphatic carbocycles. The quantitative estimate of drug-likeness (QED) is 0.648. The van der Waals surface area contributed by atoms with Crippen molar-refractivity contribution < 1.29 is 18.7 Å². The second-order valence-electron chi connectivity index (χ2n) is 5.78. The molecule has 2 aromatic carbocycles. The summed E-state index contributed by atoms with van der Waals surface area (Å²) in [6, 6.07) is 14.3. The standard InChI is InChI=1S/C20H17FN2O4/c1-13-10-17(24)19(22-23(13)16-6-4-3-5-7-16)20(25)27-12-14-11-15(21)8-9-18(14)26-2/h3-11H,12H2,1-2H3. The summed E-state index contributed by atoms with van der Waals surface area (Å²) < 4.78 is 25.2. The fourth-order valence-corrected chi connectivity index (χ4v) is 2.59. The summed E-state index contributed by atoms with van der Waals surface area (Å²) in [7, 11) is 1.43. The molecule has 0 aliphatic rings. The lowest BCUT2D eigenvalue weighted by Gasteiger charge is -2.12. The number of hydrogen-bond donors (Lipinski definition) is 0. The van der Waals surface area contributed by atoms with Gasteiger partial charge in [0.1, 0.15) is 18.2 Å². The minimum Gasteiger partial charge on any atom is -0.496 e. The lowest BCUT2D eigenvalue weighted by atomic mass is 10.2. The van der Waals surface area contributed by atoms with E-state index in [9.17, 15) is 14.0 Å². The van der Waals surface area contributed by atoms with Crippen LogP contribution in [0.25, 0.3) is 5.69 Å². The van der Waals surface area contributed by atoms with E-state index in [4.69, 9.17) is 9.47 Å². The maximum absolute atomic E-state index is 13.4. The molecule has 0 aliphatic heterocycles. The Labute approximate surface area is 154 Å². The first kappa shape index (κ1) is 18.3. The Morgan fingerprint density at radius 2 is 1.89 bits per heavy atom. The monoisotopic (exact) mass is 368 g/mol. The van der Waals surface area contributed by atoms with E-state index in [2.05, 4.69) is 5.10 Å². The van der Waals surface area contributed by atoms with Crippen molar-refractivity contribution in [1.29, 1.82) is 0 Å². The highest BCUT2D eigenvalue weighted by molar-refractivity contribution is 5.87. The number of esters is 1. The summed E-state index contributed by atoms with van der Waals surface area (Å²) in [5.74, 6) is -1.000. The summed E-state index contributed by atoms with van der Waals surface area (Å²) in [6.07, 6.45) is 0. The van der Waals surface area contributed by atoms with Gasteiger partial charge in [-0.2, -0.15) is 5.10 Å². The molecular weight excluding hydrogens is 351 g/mol. The molecule has 3 rings (SSSR count). The van der Waals surface area contributed by atoms with Crippen molar-refractivity contribution in [2.24, 2.45) is 0 Å². The van der Waals surface area contributed by atoms with E-state index in [1.165, 1.54) is 36.1 Å². The van der Waals surface area contributed by atoms with Gasteiger partial charge in [-0.25, -0.2) is 13.9 Å². The number of para-hydroxylation sites is 1. The highest BCUT2D eigenvalue weighted by Crippen LogP contribution is 2.20. The Kier molecular flexibility index (Phi) is 5.30. The van der Waals surface area contributed by atoms with Gasteiger partial charge in [0.2, 0.25) is 11.1 Å². The van der Waals surface area contributed by atoms with Crippen LogP contribution in [0.3, 0.4) is 0 Å². The van der Waals surface area contributed by atoms with Gasteiger partial charge in [0.25, 0.3) is 0 Å². The lowest BCUT2D eigenvalue weighted by molar-refractivity contribution is 0.0458. The average Bonchev–Trinajstić information content (AvgIpc) is 2.67. The van der Waals surface area contributed by atoms with E-state index in [0.717, 1.165) is 0 Å². The van der Waals surface area contributed by atoms with Crippen molar-refractivity contribution in [3.63, 3.8) is 0 Å². The van der Waals surface area contributed by atoms with Crippen molar-refractivity contribution in [3.05, 3.63) is 87.6 Å². The van der Waals surface area contributed by atoms with Crippen LogP contribution in [0.2, 0.25) is 0 Å². The molecular formula is C20H17FN2O4. The predicted octanol–water partition coefficient (Wildman–Crippen LogP) is 3.05. The van der Waals surface area contributed by atoms with E-state index in [1.807, 2.05) is 18.2 Å². The Bertz CT molecular complexity index is 1030. The first-order chi connectivity index (χ1) is 13.0. The van der Waals surface area contributed by atoms with Gasteiger partial charge in [0.05, 0.1) is 12.8 Å². The smallest absolute Gasteiger partial charge is 0.363 e. The van der Waals surface area contributed by atoms with E-state index < -0.39 is 17.2 Å². The number of aryl methyl sites for hydroxylation is 1. The minimum atomic E-state index is -0.893. The van der Waals surface area contributed by atoms with Gasteiger partial charge < -0.3 is 9.47 Å². The number of aromatic nitrogens is 2. The zero-order valence-corrected chi connectivity index (χ0v) is 14.8. The highest BCUT2D eigenvalue weighted by Gasteiger charge is 2.18. The molecule has 0 bridgehead atoms. The Balaban J connectivity index is 1.87. The Morgan fingerprint density at radius 1 is 1.15 bits per heavy atom. The van der Waals surface area contributed by atoms with Gasteiger partial charge in [-0.3, -0.25) is 4.79 Å². The highest BCUT2D eigenvalue weighted by atomic mass is 19.1. The summed E-state index contributed by atoms with van der Waals surface area (Å²) >= 11 is 0. The van der Waals surface area contributed by atoms with Crippen LogP contribution in [-0.2, 0) is 11.3 Å². The maximum Gasteiger partial charge on any atom is 0.363 e. The molecule has 1 heterocycles. The predicted molar refractivity (Wildman–Crippen MR) is 96.6 cm³/mol. The Morgan fingerprint density at radius 3 is 2.59 bits per heavy atom. The molecule has 0 spiro atoms. The van der Waals surface area contributed by atoms with Crippen LogP contribution in [0.4, 0.5) is 4.39 Å². The number of carbonyl (C=O) groups excluding carboxylic acids is 1. The van der Waals surface area contributed by atoms with Crippen LogP contribution < -0.4 is 10.2 Å². The molecule has 0 unspecified atom stereocenters. The third kappa shape index (κ3) is 4.03. The van der Waals surface area contributed by atoms with Gasteiger partial charge in [-0.1, -0.05) is 18.2 Å². The second kappa shape index (κ2) is 7.82. The summed E-state index contributed by atoms with van der Waals surface area (Å²) in [5, 5.41) is 4.14. The van der Waals surface area contributed by atoms with Crippen molar-refractivity contribution in [2.45, 2.75) is 13.5 Å². The number of nitrogens with zero attached hydrogens (tertiary/aromatic N) is 2. The normalized spacial score (nSPS) is 10.5. The van der Waals surface area contributed by atoms with Gasteiger partial charge in [-0.05, 0) is 37.3 Å². The molecule has 0 amide bonds. The molecule has 1 aromatic heterocycles. The summed E-state index contributed by atoms with van der Waals surface area (Å²) in [6.45, 7) is 1.47. The van der Waals surface area contributed by atoms with Crippen molar-refractivity contribution in [3.8, 4) is 11.4 Å². The van der Waals surface area contributed by atoms with Crippen molar-refractivity contribution in [1.82, 2.24) is 9.78 Å². The van der Waals surface area contributed by atoms with Gasteiger partial charge in [-0.15, -0.1) is 0 Å². The largest absolute Gasteiger partial charge is 0.496 e. The van der Waals surface area contributed by atoms with Crippen LogP contribution in [0.1, 0.15) is 21.7 Å². The minimum absolute atomic E-state index is 0.250. The molecule has 3 aromatic rings. The van der Waals surface area contributed by atoms with E-state index in [0.29, 0.717) is 22.7 Å². The number of hydrogen-bond acceptors (Lipinski definition) is 5. The molecule has 0 radical (unpaired) electrons. The number of ether oxygens (including phenoxy) is 2. The molecule has 0 atom stereocenters. The zero-order chi connectivity index (χ0) is 19.4. The van der Waals surface area contributed by atoms with Crippen LogP contribution in [-0.4, -0.2) is 22.9 Å². The Hall–Kier alpha value is -3.48. The third-order valence-corrected chi connectivity index (χ3v) is 3.90. The van der Waals surface area contributed by atoms with Crippen molar-refractivity contribution >= 4 is 5.97 Å². The van der Waals surface area contributed by atoms with Crippen LogP contribution in [0.15, 0.2) is 59.4 Å². The molecule has 7 heteroatoms. The van der Waals surface area contributed by atoms with Gasteiger partial charge in [0, 0.05) is 17.3 Å². The average molecular weight is 368 g/mol. The maximum atomic E-state index is 13.4. The molecule has 0 saturated carbocycles. The number of halogens is 1. The van der Waals surface area contributed by atoms with Crippen LogP contribution in [0, 0.1) is 12.7 Å². The third-order valence-electron chi connectivity index (χ3n) is 3.90. The molecule has 0 fully saturated rings. The number of rotatable bonds is 5. The first-order valence-corrected chi connectivity index (χ1v) is 8.15. The number of benzene rings is 2. The van der Waals surface area contributed by atoms with E-state index in [1.54, 1.807) is 19.1 Å². The second-order valence-corrected chi connectivity index (χ2v) is 5.78. The molecule has 0 saturated heterocycles. The summed E-state index contributed by atoms with van der Waals surface area (Å²) in [5.41, 5.74) is 0.738. The van der Waals surface area contributed by atoms with Gasteiger partial charge >= 0.3 is 5.97 Å². The number of methoxy groups -OCH3 is 1. The fourth-order valence-electron chi connectivity index (χ4n) is 2.59. The SMILES string of the molecule is COc1ccc(F)cc1COC(=O)c1nn(-c2ccccc2)c(C)cc1=O. The molecule has 27 heavy (non-hydrogen) atoms. The van der Waals surface area contributed by atoms with Crippen molar-refractivity contribution in [2.75, 3.05) is 7.11 Å². The lowest BCUT2D eigenvalue weighted by Crippen LogP contribution is -2.24. The first-order valence-electron chi connectivity index (χ1n) is 8.15. The zero-order valence-electron chi connectivity index (χ0n) is 14.8. The topological polar surface area (TPSA) is 70.4 Å². The summed E-state index contributed by atoms with van der Waals surface area (Å²) in [4.78, 5) is 24.6. The van der Waals surface area contributed by atoms with E-state index >= 15 is 0 Å². The molecule has 138 valence electrons. The van der Waals surface area contributed by atoms with Gasteiger partial charge in [0.15, 0.2) is 0 Å². The van der Waals surface area contributed by atoms with Crippen LogP contribution in [0.5, 0.6) is 5.75 Å². The van der Waals surface area contributed by atoms with E-state index in [-0.39, 0.29) is 12.3 Å².